The molecule has 0 N–H and O–H groups in total. The lowest BCUT2D eigenvalue weighted by Crippen LogP contribution is -2.01. The molecule has 0 aliphatic heterocycles. The first-order valence-corrected chi connectivity index (χ1v) is 5.76. The average molecular weight is 216 g/mol. The van der Waals surface area contributed by atoms with Crippen LogP contribution in [-0.4, -0.2) is 16.5 Å². The van der Waals surface area contributed by atoms with E-state index in [1.807, 2.05) is 0 Å². The van der Waals surface area contributed by atoms with Crippen molar-refractivity contribution in [3.8, 4) is 0 Å². The smallest absolute Gasteiger partial charge is 0.140 e. The number of methoxy groups -OCH3 is 1. The zero-order chi connectivity index (χ0) is 11.1. The summed E-state index contributed by atoms with van der Waals surface area (Å²) in [5, 5.41) is 0. The summed E-state index contributed by atoms with van der Waals surface area (Å²) in [6.45, 7) is 2.70. The molecule has 0 atom stereocenters. The SMILES string of the molecule is COCc1cc(C2CC2)n2ccc(C)c2n1. The van der Waals surface area contributed by atoms with Gasteiger partial charge in [-0.3, -0.25) is 0 Å². The number of hydrogen-bond donors (Lipinski definition) is 0. The maximum Gasteiger partial charge on any atom is 0.140 e. The molecule has 1 aliphatic rings. The number of ether oxygens (including phenoxy) is 1. The molecular formula is C13H16N2O. The highest BCUT2D eigenvalue weighted by Gasteiger charge is 2.26. The van der Waals surface area contributed by atoms with Gasteiger partial charge >= 0.3 is 0 Å². The number of hydrogen-bond acceptors (Lipinski definition) is 2. The van der Waals surface area contributed by atoms with Crippen LogP contribution in [0, 0.1) is 6.92 Å². The van der Waals surface area contributed by atoms with Gasteiger partial charge in [0.05, 0.1) is 12.3 Å². The van der Waals surface area contributed by atoms with Crippen molar-refractivity contribution < 1.29 is 4.74 Å². The molecule has 3 rings (SSSR count). The molecule has 0 saturated heterocycles. The van der Waals surface area contributed by atoms with Crippen molar-refractivity contribution in [1.82, 2.24) is 9.38 Å². The zero-order valence-corrected chi connectivity index (χ0v) is 9.73. The van der Waals surface area contributed by atoms with Crippen molar-refractivity contribution in [2.24, 2.45) is 0 Å². The Bertz CT molecular complexity index is 526. The van der Waals surface area contributed by atoms with E-state index in [1.165, 1.54) is 24.1 Å². The van der Waals surface area contributed by atoms with E-state index in [9.17, 15) is 0 Å². The predicted octanol–water partition coefficient (Wildman–Crippen LogP) is 2.67. The Morgan fingerprint density at radius 2 is 2.31 bits per heavy atom. The molecule has 84 valence electrons. The second-order valence-electron chi connectivity index (χ2n) is 4.57. The van der Waals surface area contributed by atoms with Gasteiger partial charge in [0.25, 0.3) is 0 Å². The quantitative estimate of drug-likeness (QED) is 0.788. The minimum absolute atomic E-state index is 0.598. The molecule has 0 unspecified atom stereocenters. The van der Waals surface area contributed by atoms with Gasteiger partial charge in [0.1, 0.15) is 5.65 Å². The average Bonchev–Trinajstić information content (AvgIpc) is 3.05. The van der Waals surface area contributed by atoms with E-state index in [4.69, 9.17) is 4.74 Å². The van der Waals surface area contributed by atoms with Crippen molar-refractivity contribution in [1.29, 1.82) is 0 Å². The van der Waals surface area contributed by atoms with E-state index in [-0.39, 0.29) is 0 Å². The summed E-state index contributed by atoms with van der Waals surface area (Å²) in [7, 11) is 1.72. The Labute approximate surface area is 95.1 Å². The molecule has 0 radical (unpaired) electrons. The first-order valence-electron chi connectivity index (χ1n) is 5.76. The van der Waals surface area contributed by atoms with Gasteiger partial charge in [0.2, 0.25) is 0 Å². The van der Waals surface area contributed by atoms with E-state index >= 15 is 0 Å². The number of aromatic nitrogens is 2. The number of rotatable bonds is 3. The maximum atomic E-state index is 5.18. The van der Waals surface area contributed by atoms with Crippen molar-refractivity contribution in [2.75, 3.05) is 7.11 Å². The third kappa shape index (κ3) is 1.52. The van der Waals surface area contributed by atoms with Crippen LogP contribution in [-0.2, 0) is 11.3 Å². The summed E-state index contributed by atoms with van der Waals surface area (Å²) in [6, 6.07) is 4.32. The molecule has 2 heterocycles. The van der Waals surface area contributed by atoms with Crippen molar-refractivity contribution in [3.05, 3.63) is 35.3 Å². The van der Waals surface area contributed by atoms with Gasteiger partial charge in [-0.1, -0.05) is 0 Å². The van der Waals surface area contributed by atoms with E-state index in [1.54, 1.807) is 7.11 Å². The lowest BCUT2D eigenvalue weighted by Gasteiger charge is -2.08. The van der Waals surface area contributed by atoms with Crippen LogP contribution in [0.15, 0.2) is 18.3 Å². The van der Waals surface area contributed by atoms with Crippen molar-refractivity contribution in [3.63, 3.8) is 0 Å². The maximum absolute atomic E-state index is 5.18. The van der Waals surface area contributed by atoms with Crippen LogP contribution in [0.4, 0.5) is 0 Å². The summed E-state index contributed by atoms with van der Waals surface area (Å²) < 4.78 is 7.40. The monoisotopic (exact) mass is 216 g/mol. The Hall–Kier alpha value is -1.35. The van der Waals surface area contributed by atoms with Gasteiger partial charge in [-0.15, -0.1) is 0 Å². The Morgan fingerprint density at radius 1 is 1.50 bits per heavy atom. The topological polar surface area (TPSA) is 26.5 Å². The molecule has 0 spiro atoms. The van der Waals surface area contributed by atoms with Crippen LogP contribution in [0.2, 0.25) is 0 Å². The zero-order valence-electron chi connectivity index (χ0n) is 9.73. The first kappa shape index (κ1) is 9.85. The second-order valence-corrected chi connectivity index (χ2v) is 4.57. The molecular weight excluding hydrogens is 200 g/mol. The van der Waals surface area contributed by atoms with E-state index in [0.29, 0.717) is 6.61 Å². The minimum Gasteiger partial charge on any atom is -0.378 e. The summed E-state index contributed by atoms with van der Waals surface area (Å²) in [6.07, 6.45) is 4.74. The molecule has 3 nitrogen and oxygen atoms in total. The highest BCUT2D eigenvalue weighted by Crippen LogP contribution is 2.40. The van der Waals surface area contributed by atoms with E-state index in [0.717, 1.165) is 17.3 Å². The van der Waals surface area contributed by atoms with Crippen molar-refractivity contribution in [2.45, 2.75) is 32.3 Å². The Kier molecular flexibility index (Phi) is 2.21. The largest absolute Gasteiger partial charge is 0.378 e. The third-order valence-electron chi connectivity index (χ3n) is 3.18. The van der Waals surface area contributed by atoms with E-state index in [2.05, 4.69) is 34.6 Å². The minimum atomic E-state index is 0.598. The Morgan fingerprint density at radius 3 is 3.00 bits per heavy atom. The molecule has 0 bridgehead atoms. The predicted molar refractivity (Wildman–Crippen MR) is 62.6 cm³/mol. The lowest BCUT2D eigenvalue weighted by molar-refractivity contribution is 0.181. The third-order valence-corrected chi connectivity index (χ3v) is 3.18. The van der Waals surface area contributed by atoms with Crippen LogP contribution in [0.3, 0.4) is 0 Å². The van der Waals surface area contributed by atoms with Crippen LogP contribution in [0.5, 0.6) is 0 Å². The molecule has 16 heavy (non-hydrogen) atoms. The fraction of sp³-hybridized carbons (Fsp3) is 0.462. The highest BCUT2D eigenvalue weighted by molar-refractivity contribution is 5.50. The van der Waals surface area contributed by atoms with Crippen molar-refractivity contribution >= 4 is 5.65 Å². The van der Waals surface area contributed by atoms with Gasteiger partial charge < -0.3 is 9.14 Å². The summed E-state index contributed by atoms with van der Waals surface area (Å²) in [4.78, 5) is 4.63. The van der Waals surface area contributed by atoms with Gasteiger partial charge in [0, 0.05) is 19.0 Å². The first-order chi connectivity index (χ1) is 7.79. The Balaban J connectivity index is 2.20. The van der Waals surface area contributed by atoms with Crippen LogP contribution < -0.4 is 0 Å². The molecule has 0 aromatic carbocycles. The fourth-order valence-corrected chi connectivity index (χ4v) is 2.20. The number of aryl methyl sites for hydroxylation is 1. The summed E-state index contributed by atoms with van der Waals surface area (Å²) >= 11 is 0. The molecule has 0 amide bonds. The molecule has 1 fully saturated rings. The van der Waals surface area contributed by atoms with Gasteiger partial charge in [-0.2, -0.15) is 0 Å². The lowest BCUT2D eigenvalue weighted by atomic mass is 10.2. The summed E-state index contributed by atoms with van der Waals surface area (Å²) in [5.74, 6) is 0.730. The molecule has 3 heteroatoms. The van der Waals surface area contributed by atoms with Gasteiger partial charge in [0.15, 0.2) is 0 Å². The van der Waals surface area contributed by atoms with Gasteiger partial charge in [-0.25, -0.2) is 4.98 Å². The molecule has 2 aromatic heterocycles. The second kappa shape index (κ2) is 3.59. The molecule has 2 aromatic rings. The molecule has 1 saturated carbocycles. The number of nitrogens with zero attached hydrogens (tertiary/aromatic N) is 2. The van der Waals surface area contributed by atoms with E-state index < -0.39 is 0 Å². The van der Waals surface area contributed by atoms with Crippen LogP contribution >= 0.6 is 0 Å². The van der Waals surface area contributed by atoms with Gasteiger partial charge in [-0.05, 0) is 43.4 Å². The standard InChI is InChI=1S/C13H16N2O/c1-9-5-6-15-12(10-3-4-10)7-11(8-16-2)14-13(9)15/h5-7,10H,3-4,8H2,1-2H3. The highest BCUT2D eigenvalue weighted by atomic mass is 16.5. The normalized spacial score (nSPS) is 15.9. The van der Waals surface area contributed by atoms with Crippen LogP contribution in [0.25, 0.3) is 5.65 Å². The molecule has 1 aliphatic carbocycles. The fourth-order valence-electron chi connectivity index (χ4n) is 2.20. The summed E-state index contributed by atoms with van der Waals surface area (Å²) in [5.41, 5.74) is 4.75. The number of fused-ring (bicyclic) bond motifs is 1. The van der Waals surface area contributed by atoms with Crippen LogP contribution in [0.1, 0.15) is 35.7 Å².